The fraction of sp³-hybridized carbons (Fsp3) is 0.667. The van der Waals surface area contributed by atoms with Crippen LogP contribution in [0.25, 0.3) is 0 Å². The molecule has 1 fully saturated rings. The minimum Gasteiger partial charge on any atom is -0.383 e. The van der Waals surface area contributed by atoms with E-state index in [0.717, 1.165) is 44.2 Å². The fourth-order valence-electron chi connectivity index (χ4n) is 2.04. The molecule has 0 bridgehead atoms. The molecule has 1 aromatic rings. The van der Waals surface area contributed by atoms with Gasteiger partial charge in [-0.1, -0.05) is 6.92 Å². The van der Waals surface area contributed by atoms with Gasteiger partial charge in [0, 0.05) is 25.2 Å². The highest BCUT2D eigenvalue weighted by molar-refractivity contribution is 5.53. The first-order chi connectivity index (χ1) is 8.70. The Morgan fingerprint density at radius 1 is 1.56 bits per heavy atom. The average molecular weight is 251 g/mol. The van der Waals surface area contributed by atoms with Crippen LogP contribution in [0.2, 0.25) is 0 Å². The number of ether oxygens (including phenoxy) is 1. The van der Waals surface area contributed by atoms with Crippen molar-refractivity contribution in [1.82, 2.24) is 14.9 Å². The molecule has 1 aliphatic rings. The highest BCUT2D eigenvalue weighted by Gasteiger charge is 2.19. The lowest BCUT2D eigenvalue weighted by Crippen LogP contribution is -2.45. The normalized spacial score (nSPS) is 20.9. The second-order valence-corrected chi connectivity index (χ2v) is 4.50. The van der Waals surface area contributed by atoms with Crippen molar-refractivity contribution in [2.45, 2.75) is 20.0 Å². The number of nitrogens with one attached hydrogen (secondary N) is 1. The van der Waals surface area contributed by atoms with Crippen molar-refractivity contribution >= 4 is 11.6 Å². The summed E-state index contributed by atoms with van der Waals surface area (Å²) < 4.78 is 5.72. The Morgan fingerprint density at radius 3 is 3.17 bits per heavy atom. The Hall–Kier alpha value is -1.40. The largest absolute Gasteiger partial charge is 0.383 e. The lowest BCUT2D eigenvalue weighted by Gasteiger charge is -2.32. The van der Waals surface area contributed by atoms with Crippen LogP contribution in [0.5, 0.6) is 0 Å². The quantitative estimate of drug-likeness (QED) is 0.811. The summed E-state index contributed by atoms with van der Waals surface area (Å²) in [5, 5.41) is 3.29. The van der Waals surface area contributed by atoms with E-state index in [9.17, 15) is 0 Å². The number of rotatable bonds is 4. The number of nitrogens with zero attached hydrogens (tertiary/aromatic N) is 3. The van der Waals surface area contributed by atoms with Gasteiger partial charge in [0.15, 0.2) is 0 Å². The lowest BCUT2D eigenvalue weighted by atomic mass is 10.2. The molecule has 0 saturated carbocycles. The Morgan fingerprint density at radius 2 is 2.39 bits per heavy atom. The van der Waals surface area contributed by atoms with Crippen LogP contribution in [-0.4, -0.2) is 53.8 Å². The van der Waals surface area contributed by atoms with Gasteiger partial charge >= 0.3 is 0 Å². The van der Waals surface area contributed by atoms with Crippen molar-refractivity contribution < 1.29 is 4.74 Å². The summed E-state index contributed by atoms with van der Waals surface area (Å²) in [4.78, 5) is 10.5. The van der Waals surface area contributed by atoms with Crippen molar-refractivity contribution in [3.63, 3.8) is 0 Å². The highest BCUT2D eigenvalue weighted by atomic mass is 16.5. The van der Waals surface area contributed by atoms with E-state index in [-0.39, 0.29) is 6.10 Å². The van der Waals surface area contributed by atoms with Gasteiger partial charge in [0.05, 0.1) is 12.7 Å². The monoisotopic (exact) mass is 251 g/mol. The predicted molar refractivity (Wildman–Crippen MR) is 71.5 cm³/mol. The standard InChI is InChI=1S/C12H21N5O/c1-3-17-4-5-18-10(7-17)6-14-12-9(2)11(13)15-8-16-12/h8,10H,3-7H2,1-2H3,(H3,13,14,15,16). The molecule has 3 N–H and O–H groups in total. The number of anilines is 2. The van der Waals surface area contributed by atoms with Gasteiger partial charge in [-0.05, 0) is 13.5 Å². The van der Waals surface area contributed by atoms with Gasteiger partial charge in [-0.15, -0.1) is 0 Å². The van der Waals surface area contributed by atoms with Crippen molar-refractivity contribution in [2.24, 2.45) is 0 Å². The maximum atomic E-state index is 5.74. The van der Waals surface area contributed by atoms with Crippen molar-refractivity contribution in [2.75, 3.05) is 43.8 Å². The second-order valence-electron chi connectivity index (χ2n) is 4.50. The average Bonchev–Trinajstić information content (AvgIpc) is 2.41. The Kier molecular flexibility index (Phi) is 4.33. The van der Waals surface area contributed by atoms with Crippen LogP contribution in [-0.2, 0) is 4.74 Å². The molecular weight excluding hydrogens is 230 g/mol. The van der Waals surface area contributed by atoms with Crippen LogP contribution in [0, 0.1) is 6.92 Å². The van der Waals surface area contributed by atoms with Gasteiger partial charge < -0.3 is 15.8 Å². The summed E-state index contributed by atoms with van der Waals surface area (Å²) >= 11 is 0. The summed E-state index contributed by atoms with van der Waals surface area (Å²) in [6.07, 6.45) is 1.68. The maximum Gasteiger partial charge on any atom is 0.134 e. The topological polar surface area (TPSA) is 76.3 Å². The molecule has 0 spiro atoms. The molecule has 2 rings (SSSR count). The van der Waals surface area contributed by atoms with E-state index in [1.807, 2.05) is 6.92 Å². The first-order valence-corrected chi connectivity index (χ1v) is 6.35. The molecule has 1 aromatic heterocycles. The van der Waals surface area contributed by atoms with E-state index >= 15 is 0 Å². The molecule has 2 heterocycles. The SMILES string of the molecule is CCN1CCOC(CNc2ncnc(N)c2C)C1. The predicted octanol–water partition coefficient (Wildman–Crippen LogP) is 0.500. The number of nitrogens with two attached hydrogens (primary N) is 1. The summed E-state index contributed by atoms with van der Waals surface area (Å²) in [6.45, 7) is 8.68. The van der Waals surface area contributed by atoms with E-state index in [4.69, 9.17) is 10.5 Å². The molecule has 1 aliphatic heterocycles. The van der Waals surface area contributed by atoms with Gasteiger partial charge in [-0.2, -0.15) is 0 Å². The van der Waals surface area contributed by atoms with E-state index < -0.39 is 0 Å². The summed E-state index contributed by atoms with van der Waals surface area (Å²) in [7, 11) is 0. The number of aromatic nitrogens is 2. The second kappa shape index (κ2) is 5.97. The molecule has 6 heteroatoms. The zero-order valence-electron chi connectivity index (χ0n) is 11.0. The first-order valence-electron chi connectivity index (χ1n) is 6.35. The van der Waals surface area contributed by atoms with Crippen molar-refractivity contribution in [3.8, 4) is 0 Å². The zero-order chi connectivity index (χ0) is 13.0. The lowest BCUT2D eigenvalue weighted by molar-refractivity contribution is -0.0192. The number of hydrogen-bond donors (Lipinski definition) is 2. The molecule has 0 radical (unpaired) electrons. The third-order valence-corrected chi connectivity index (χ3v) is 3.29. The third-order valence-electron chi connectivity index (χ3n) is 3.29. The molecule has 1 saturated heterocycles. The van der Waals surface area contributed by atoms with Gasteiger partial charge in [0.2, 0.25) is 0 Å². The molecule has 18 heavy (non-hydrogen) atoms. The third kappa shape index (κ3) is 3.08. The first kappa shape index (κ1) is 13.0. The van der Waals surface area contributed by atoms with Gasteiger partial charge in [0.1, 0.15) is 18.0 Å². The Bertz CT molecular complexity index is 398. The molecule has 0 amide bonds. The van der Waals surface area contributed by atoms with E-state index in [1.165, 1.54) is 6.33 Å². The Labute approximate surface area is 108 Å². The van der Waals surface area contributed by atoms with Crippen LogP contribution < -0.4 is 11.1 Å². The minimum absolute atomic E-state index is 0.203. The molecule has 0 aromatic carbocycles. The molecule has 1 unspecified atom stereocenters. The summed E-state index contributed by atoms with van der Waals surface area (Å²) in [5.74, 6) is 1.31. The molecule has 0 aliphatic carbocycles. The van der Waals surface area contributed by atoms with Gasteiger partial charge in [0.25, 0.3) is 0 Å². The van der Waals surface area contributed by atoms with Crippen LogP contribution >= 0.6 is 0 Å². The smallest absolute Gasteiger partial charge is 0.134 e. The minimum atomic E-state index is 0.203. The van der Waals surface area contributed by atoms with Gasteiger partial charge in [-0.3, -0.25) is 4.90 Å². The van der Waals surface area contributed by atoms with Crippen molar-refractivity contribution in [3.05, 3.63) is 11.9 Å². The van der Waals surface area contributed by atoms with Gasteiger partial charge in [-0.25, -0.2) is 9.97 Å². The van der Waals surface area contributed by atoms with Crippen molar-refractivity contribution in [1.29, 1.82) is 0 Å². The molecular formula is C12H21N5O. The van der Waals surface area contributed by atoms with Crippen LogP contribution in [0.4, 0.5) is 11.6 Å². The highest BCUT2D eigenvalue weighted by Crippen LogP contribution is 2.15. The van der Waals surface area contributed by atoms with E-state index in [1.54, 1.807) is 0 Å². The van der Waals surface area contributed by atoms with E-state index in [0.29, 0.717) is 5.82 Å². The summed E-state index contributed by atoms with van der Waals surface area (Å²) in [6, 6.07) is 0. The summed E-state index contributed by atoms with van der Waals surface area (Å²) in [5.41, 5.74) is 6.63. The number of morpholine rings is 1. The molecule has 1 atom stereocenters. The van der Waals surface area contributed by atoms with Crippen LogP contribution in [0.1, 0.15) is 12.5 Å². The number of likely N-dealkylation sites (N-methyl/N-ethyl adjacent to an activating group) is 1. The number of hydrogen-bond acceptors (Lipinski definition) is 6. The molecule has 100 valence electrons. The maximum absolute atomic E-state index is 5.74. The zero-order valence-corrected chi connectivity index (χ0v) is 11.0. The fourth-order valence-corrected chi connectivity index (χ4v) is 2.04. The van der Waals surface area contributed by atoms with Crippen LogP contribution in [0.15, 0.2) is 6.33 Å². The Balaban J connectivity index is 1.89. The molecule has 6 nitrogen and oxygen atoms in total. The van der Waals surface area contributed by atoms with E-state index in [2.05, 4.69) is 27.1 Å². The number of nitrogen functional groups attached to an aromatic ring is 1. The van der Waals surface area contributed by atoms with Crippen LogP contribution in [0.3, 0.4) is 0 Å².